The summed E-state index contributed by atoms with van der Waals surface area (Å²) in [6.45, 7) is 4.07. The number of nitrogens with one attached hydrogen (secondary N) is 1. The van der Waals surface area contributed by atoms with E-state index < -0.39 is 0 Å². The molecule has 2 aromatic carbocycles. The Kier molecular flexibility index (Phi) is 5.54. The number of benzene rings is 2. The van der Waals surface area contributed by atoms with Crippen molar-refractivity contribution in [3.8, 4) is 11.3 Å². The molecule has 0 spiro atoms. The summed E-state index contributed by atoms with van der Waals surface area (Å²) < 4.78 is 0. The summed E-state index contributed by atoms with van der Waals surface area (Å²) in [6.07, 6.45) is 1.81. The number of nitrogens with zero attached hydrogens (tertiary/aromatic N) is 4. The molecule has 0 amide bonds. The maximum atomic E-state index is 4.77. The lowest BCUT2D eigenvalue weighted by Crippen LogP contribution is -2.15. The molecule has 0 bridgehead atoms. The second-order valence-corrected chi connectivity index (χ2v) is 6.80. The fourth-order valence-electron chi connectivity index (χ4n) is 3.06. The average molecular weight is 369 g/mol. The van der Waals surface area contributed by atoms with Gasteiger partial charge in [0.1, 0.15) is 11.4 Å². The van der Waals surface area contributed by atoms with Gasteiger partial charge in [0.2, 0.25) is 0 Å². The SMILES string of the molecule is Cc1ccc(Cn2nc(CNCc3ccccn3)c(-c3ccccc3)n2)cc1. The molecule has 0 aliphatic carbocycles. The van der Waals surface area contributed by atoms with Crippen LogP contribution in [0.1, 0.15) is 22.5 Å². The molecule has 4 rings (SSSR count). The van der Waals surface area contributed by atoms with E-state index >= 15 is 0 Å². The molecule has 0 radical (unpaired) electrons. The van der Waals surface area contributed by atoms with Crippen molar-refractivity contribution in [1.82, 2.24) is 25.3 Å². The highest BCUT2D eigenvalue weighted by molar-refractivity contribution is 5.60. The zero-order valence-corrected chi connectivity index (χ0v) is 15.9. The van der Waals surface area contributed by atoms with E-state index in [4.69, 9.17) is 10.2 Å². The first-order valence-corrected chi connectivity index (χ1v) is 9.43. The van der Waals surface area contributed by atoms with Crippen molar-refractivity contribution in [3.05, 3.63) is 102 Å². The standard InChI is InChI=1S/C23H23N5/c1-18-10-12-19(13-11-18)17-28-26-22(16-24-15-21-9-5-6-14-25-21)23(27-28)20-7-3-2-4-8-20/h2-14,24H,15-17H2,1H3. The first kappa shape index (κ1) is 18.1. The van der Waals surface area contributed by atoms with E-state index in [0.717, 1.165) is 22.6 Å². The summed E-state index contributed by atoms with van der Waals surface area (Å²) in [7, 11) is 0. The molecule has 5 nitrogen and oxygen atoms in total. The molecule has 0 saturated heterocycles. The maximum absolute atomic E-state index is 4.77. The van der Waals surface area contributed by atoms with Crippen molar-refractivity contribution in [2.24, 2.45) is 0 Å². The second kappa shape index (κ2) is 8.59. The lowest BCUT2D eigenvalue weighted by molar-refractivity contribution is 0.575. The van der Waals surface area contributed by atoms with Gasteiger partial charge in [0.15, 0.2) is 0 Å². The molecule has 0 fully saturated rings. The van der Waals surface area contributed by atoms with Crippen molar-refractivity contribution in [2.75, 3.05) is 0 Å². The molecule has 0 aliphatic rings. The zero-order chi connectivity index (χ0) is 19.2. The molecule has 28 heavy (non-hydrogen) atoms. The van der Waals surface area contributed by atoms with Crippen LogP contribution in [0.5, 0.6) is 0 Å². The van der Waals surface area contributed by atoms with E-state index in [1.165, 1.54) is 11.1 Å². The van der Waals surface area contributed by atoms with Crippen LogP contribution < -0.4 is 5.32 Å². The minimum atomic E-state index is 0.634. The highest BCUT2D eigenvalue weighted by atomic mass is 15.5. The molecule has 0 atom stereocenters. The smallest absolute Gasteiger partial charge is 0.117 e. The fraction of sp³-hybridized carbons (Fsp3) is 0.174. The molecule has 0 unspecified atom stereocenters. The molecular formula is C23H23N5. The lowest BCUT2D eigenvalue weighted by atomic mass is 10.1. The molecule has 2 heterocycles. The molecule has 4 aromatic rings. The van der Waals surface area contributed by atoms with Crippen molar-refractivity contribution in [2.45, 2.75) is 26.6 Å². The first-order chi connectivity index (χ1) is 13.8. The quantitative estimate of drug-likeness (QED) is 0.535. The van der Waals surface area contributed by atoms with Crippen LogP contribution in [0.15, 0.2) is 79.0 Å². The topological polar surface area (TPSA) is 55.6 Å². The van der Waals surface area contributed by atoms with Crippen LogP contribution in [0.3, 0.4) is 0 Å². The highest BCUT2D eigenvalue weighted by Crippen LogP contribution is 2.20. The molecule has 1 N–H and O–H groups in total. The minimum Gasteiger partial charge on any atom is -0.305 e. The van der Waals surface area contributed by atoms with Crippen molar-refractivity contribution in [3.63, 3.8) is 0 Å². The summed E-state index contributed by atoms with van der Waals surface area (Å²) in [6, 6.07) is 24.6. The Hall–Kier alpha value is -3.31. The van der Waals surface area contributed by atoms with Gasteiger partial charge >= 0.3 is 0 Å². The molecule has 5 heteroatoms. The van der Waals surface area contributed by atoms with Gasteiger partial charge in [-0.2, -0.15) is 15.0 Å². The first-order valence-electron chi connectivity index (χ1n) is 9.43. The molecule has 0 saturated carbocycles. The summed E-state index contributed by atoms with van der Waals surface area (Å²) in [4.78, 5) is 6.14. The predicted molar refractivity (Wildman–Crippen MR) is 111 cm³/mol. The van der Waals surface area contributed by atoms with E-state index in [1.807, 2.05) is 42.6 Å². The van der Waals surface area contributed by atoms with Gasteiger partial charge in [-0.3, -0.25) is 4.98 Å². The second-order valence-electron chi connectivity index (χ2n) is 6.80. The van der Waals surface area contributed by atoms with Gasteiger partial charge in [0.05, 0.1) is 12.2 Å². The van der Waals surface area contributed by atoms with Crippen LogP contribution in [0, 0.1) is 6.92 Å². The Labute approximate surface area is 165 Å². The summed E-state index contributed by atoms with van der Waals surface area (Å²) in [5.74, 6) is 0. The van der Waals surface area contributed by atoms with Gasteiger partial charge in [-0.05, 0) is 24.6 Å². The number of hydrogen-bond acceptors (Lipinski definition) is 4. The summed E-state index contributed by atoms with van der Waals surface area (Å²) >= 11 is 0. The Bertz CT molecular complexity index is 1010. The molecule has 0 aliphatic heterocycles. The van der Waals surface area contributed by atoms with E-state index in [1.54, 1.807) is 4.80 Å². The van der Waals surface area contributed by atoms with E-state index in [-0.39, 0.29) is 0 Å². The van der Waals surface area contributed by atoms with Gasteiger partial charge in [0, 0.05) is 24.8 Å². The maximum Gasteiger partial charge on any atom is 0.117 e. The largest absolute Gasteiger partial charge is 0.305 e. The van der Waals surface area contributed by atoms with Crippen LogP contribution >= 0.6 is 0 Å². The fourth-order valence-corrected chi connectivity index (χ4v) is 3.06. The Balaban J connectivity index is 1.54. The number of aromatic nitrogens is 4. The number of aryl methyl sites for hydroxylation is 1. The van der Waals surface area contributed by atoms with Gasteiger partial charge in [0.25, 0.3) is 0 Å². The summed E-state index contributed by atoms with van der Waals surface area (Å²) in [5.41, 5.74) is 6.38. The Morgan fingerprint density at radius 3 is 2.36 bits per heavy atom. The van der Waals surface area contributed by atoms with Crippen LogP contribution in [-0.4, -0.2) is 20.0 Å². The summed E-state index contributed by atoms with van der Waals surface area (Å²) in [5, 5.41) is 13.0. The van der Waals surface area contributed by atoms with Crippen LogP contribution in [-0.2, 0) is 19.6 Å². The number of rotatable bonds is 7. The lowest BCUT2D eigenvalue weighted by Gasteiger charge is -2.03. The monoisotopic (exact) mass is 369 g/mol. The zero-order valence-electron chi connectivity index (χ0n) is 15.9. The van der Waals surface area contributed by atoms with Crippen LogP contribution in [0.2, 0.25) is 0 Å². The van der Waals surface area contributed by atoms with Gasteiger partial charge < -0.3 is 5.32 Å². The van der Waals surface area contributed by atoms with Crippen LogP contribution in [0.4, 0.5) is 0 Å². The van der Waals surface area contributed by atoms with Gasteiger partial charge in [-0.25, -0.2) is 0 Å². The van der Waals surface area contributed by atoms with Gasteiger partial charge in [-0.15, -0.1) is 0 Å². The van der Waals surface area contributed by atoms with E-state index in [9.17, 15) is 0 Å². The third kappa shape index (κ3) is 4.50. The molecular weight excluding hydrogens is 346 g/mol. The normalized spacial score (nSPS) is 10.9. The number of hydrogen-bond donors (Lipinski definition) is 1. The van der Waals surface area contributed by atoms with E-state index in [2.05, 4.69) is 53.6 Å². The third-order valence-electron chi connectivity index (χ3n) is 4.54. The van der Waals surface area contributed by atoms with Crippen molar-refractivity contribution >= 4 is 0 Å². The van der Waals surface area contributed by atoms with Crippen molar-refractivity contribution in [1.29, 1.82) is 0 Å². The Morgan fingerprint density at radius 1 is 0.821 bits per heavy atom. The van der Waals surface area contributed by atoms with Gasteiger partial charge in [-0.1, -0.05) is 66.2 Å². The van der Waals surface area contributed by atoms with Crippen molar-refractivity contribution < 1.29 is 0 Å². The number of pyridine rings is 1. The molecule has 140 valence electrons. The third-order valence-corrected chi connectivity index (χ3v) is 4.54. The molecule has 2 aromatic heterocycles. The minimum absolute atomic E-state index is 0.634. The average Bonchev–Trinajstić information content (AvgIpc) is 3.14. The highest BCUT2D eigenvalue weighted by Gasteiger charge is 2.13. The van der Waals surface area contributed by atoms with E-state index in [0.29, 0.717) is 19.6 Å². The predicted octanol–water partition coefficient (Wildman–Crippen LogP) is 3.99. The van der Waals surface area contributed by atoms with Crippen LogP contribution in [0.25, 0.3) is 11.3 Å². The Morgan fingerprint density at radius 2 is 1.61 bits per heavy atom.